The molecule has 0 saturated heterocycles. The summed E-state index contributed by atoms with van der Waals surface area (Å²) in [6.45, 7) is 3.52. The first kappa shape index (κ1) is 14.8. The fourth-order valence-corrected chi connectivity index (χ4v) is 1.63. The first-order chi connectivity index (χ1) is 9.11. The van der Waals surface area contributed by atoms with Crippen molar-refractivity contribution in [1.29, 1.82) is 0 Å². The predicted octanol–water partition coefficient (Wildman–Crippen LogP) is 1.98. The van der Waals surface area contributed by atoms with Crippen molar-refractivity contribution < 1.29 is 19.4 Å². The first-order valence-corrected chi connectivity index (χ1v) is 5.91. The van der Waals surface area contributed by atoms with Gasteiger partial charge in [0, 0.05) is 6.04 Å². The van der Waals surface area contributed by atoms with Crippen LogP contribution >= 0.6 is 0 Å². The van der Waals surface area contributed by atoms with Gasteiger partial charge in [-0.1, -0.05) is 43.0 Å². The molecule has 0 saturated carbocycles. The minimum atomic E-state index is -0.968. The molecular weight excluding hydrogens is 246 g/mol. The van der Waals surface area contributed by atoms with Gasteiger partial charge in [-0.3, -0.25) is 4.79 Å². The zero-order valence-corrected chi connectivity index (χ0v) is 10.5. The second-order valence-electron chi connectivity index (χ2n) is 4.02. The largest absolute Gasteiger partial charge is 0.481 e. The Kier molecular flexibility index (Phi) is 6.15. The number of hydrogen-bond donors (Lipinski definition) is 2. The number of benzene rings is 1. The van der Waals surface area contributed by atoms with Gasteiger partial charge in [-0.05, 0) is 12.0 Å². The monoisotopic (exact) mass is 263 g/mol. The van der Waals surface area contributed by atoms with Crippen molar-refractivity contribution in [1.82, 2.24) is 5.32 Å². The molecule has 1 amide bonds. The van der Waals surface area contributed by atoms with E-state index in [4.69, 9.17) is 9.84 Å². The van der Waals surface area contributed by atoms with Crippen molar-refractivity contribution in [2.24, 2.45) is 0 Å². The molecule has 0 radical (unpaired) electrons. The van der Waals surface area contributed by atoms with Crippen LogP contribution in [-0.4, -0.2) is 29.8 Å². The second-order valence-corrected chi connectivity index (χ2v) is 4.02. The van der Waals surface area contributed by atoms with Crippen molar-refractivity contribution in [3.8, 4) is 0 Å². The molecule has 5 nitrogen and oxygen atoms in total. The average Bonchev–Trinajstić information content (AvgIpc) is 2.36. The van der Waals surface area contributed by atoms with Gasteiger partial charge in [-0.25, -0.2) is 4.79 Å². The molecule has 0 aliphatic heterocycles. The van der Waals surface area contributed by atoms with Crippen LogP contribution in [0, 0.1) is 0 Å². The van der Waals surface area contributed by atoms with Gasteiger partial charge in [-0.15, -0.1) is 0 Å². The first-order valence-electron chi connectivity index (χ1n) is 5.91. The quantitative estimate of drug-likeness (QED) is 0.738. The Bertz CT molecular complexity index is 430. The summed E-state index contributed by atoms with van der Waals surface area (Å²) in [5, 5.41) is 11.4. The van der Waals surface area contributed by atoms with Crippen LogP contribution in [0.15, 0.2) is 43.0 Å². The molecular formula is C14H17NO4. The van der Waals surface area contributed by atoms with Gasteiger partial charge in [0.15, 0.2) is 0 Å². The van der Waals surface area contributed by atoms with E-state index >= 15 is 0 Å². The van der Waals surface area contributed by atoms with E-state index in [9.17, 15) is 9.59 Å². The summed E-state index contributed by atoms with van der Waals surface area (Å²) in [4.78, 5) is 22.2. The highest BCUT2D eigenvalue weighted by atomic mass is 16.5. The molecule has 1 aromatic rings. The molecule has 5 heteroatoms. The maximum atomic E-state index is 11.4. The van der Waals surface area contributed by atoms with E-state index < -0.39 is 18.1 Å². The maximum Gasteiger partial charge on any atom is 0.407 e. The Labute approximate surface area is 111 Å². The summed E-state index contributed by atoms with van der Waals surface area (Å²) in [5.74, 6) is -0.968. The normalized spacial score (nSPS) is 11.4. The average molecular weight is 263 g/mol. The molecule has 2 N–H and O–H groups in total. The van der Waals surface area contributed by atoms with E-state index in [0.717, 1.165) is 5.56 Å². The van der Waals surface area contributed by atoms with Crippen molar-refractivity contribution in [2.75, 3.05) is 6.61 Å². The maximum absolute atomic E-state index is 11.4. The number of hydrogen-bond acceptors (Lipinski definition) is 3. The summed E-state index contributed by atoms with van der Waals surface area (Å²) in [6.07, 6.45) is 1.10. The summed E-state index contributed by atoms with van der Waals surface area (Å²) >= 11 is 0. The number of carboxylic acid groups (broad SMARTS) is 1. The lowest BCUT2D eigenvalue weighted by molar-refractivity contribution is -0.137. The lowest BCUT2D eigenvalue weighted by atomic mass is 10.0. The van der Waals surface area contributed by atoms with Gasteiger partial charge in [-0.2, -0.15) is 0 Å². The Morgan fingerprint density at radius 1 is 1.37 bits per heavy atom. The number of aliphatic carboxylic acids is 1. The molecule has 1 rings (SSSR count). The number of amides is 1. The smallest absolute Gasteiger partial charge is 0.407 e. The van der Waals surface area contributed by atoms with E-state index in [2.05, 4.69) is 11.9 Å². The molecule has 1 aromatic carbocycles. The molecule has 0 spiro atoms. The summed E-state index contributed by atoms with van der Waals surface area (Å²) in [6, 6.07) is 8.86. The van der Waals surface area contributed by atoms with Gasteiger partial charge in [0.2, 0.25) is 0 Å². The molecule has 102 valence electrons. The van der Waals surface area contributed by atoms with Crippen LogP contribution in [0.4, 0.5) is 4.79 Å². The molecule has 0 aliphatic rings. The third kappa shape index (κ3) is 6.26. The molecule has 0 aliphatic carbocycles. The van der Waals surface area contributed by atoms with Gasteiger partial charge in [0.05, 0.1) is 6.42 Å². The van der Waals surface area contributed by atoms with Gasteiger partial charge >= 0.3 is 12.1 Å². The van der Waals surface area contributed by atoms with Crippen molar-refractivity contribution in [2.45, 2.75) is 18.9 Å². The third-order valence-corrected chi connectivity index (χ3v) is 2.40. The van der Waals surface area contributed by atoms with Crippen LogP contribution in [-0.2, 0) is 16.0 Å². The van der Waals surface area contributed by atoms with Gasteiger partial charge in [0.25, 0.3) is 0 Å². The minimum absolute atomic E-state index is 0.0942. The van der Waals surface area contributed by atoms with Crippen LogP contribution in [0.5, 0.6) is 0 Å². The van der Waals surface area contributed by atoms with Crippen molar-refractivity contribution >= 4 is 12.1 Å². The molecule has 0 fully saturated rings. The number of carboxylic acids is 1. The van der Waals surface area contributed by atoms with Gasteiger partial charge in [0.1, 0.15) is 6.61 Å². The number of alkyl carbamates (subject to hydrolysis) is 1. The van der Waals surface area contributed by atoms with Gasteiger partial charge < -0.3 is 15.2 Å². The van der Waals surface area contributed by atoms with E-state index in [1.165, 1.54) is 6.08 Å². The van der Waals surface area contributed by atoms with Crippen LogP contribution < -0.4 is 5.32 Å². The highest BCUT2D eigenvalue weighted by Gasteiger charge is 2.17. The summed E-state index contributed by atoms with van der Waals surface area (Å²) < 4.78 is 4.78. The Hall–Kier alpha value is -2.30. The Balaban J connectivity index is 2.58. The Morgan fingerprint density at radius 3 is 2.63 bits per heavy atom. The number of carbonyl (C=O) groups is 2. The predicted molar refractivity (Wildman–Crippen MR) is 70.9 cm³/mol. The SMILES string of the molecule is C=CCOC(=O)N[C@@H](CC(=O)O)Cc1ccccc1. The molecule has 0 bridgehead atoms. The van der Waals surface area contributed by atoms with Crippen LogP contribution in [0.2, 0.25) is 0 Å². The van der Waals surface area contributed by atoms with Crippen LogP contribution in [0.25, 0.3) is 0 Å². The molecule has 0 aromatic heterocycles. The topological polar surface area (TPSA) is 75.6 Å². The van der Waals surface area contributed by atoms with Crippen molar-refractivity contribution in [3.63, 3.8) is 0 Å². The fraction of sp³-hybridized carbons (Fsp3) is 0.286. The standard InChI is InChI=1S/C14H17NO4/c1-2-8-19-14(18)15-12(10-13(16)17)9-11-6-4-3-5-7-11/h2-7,12H,1,8-10H2,(H,15,18)(H,16,17)/t12-/m1/s1. The summed E-state index contributed by atoms with van der Waals surface area (Å²) in [7, 11) is 0. The second kappa shape index (κ2) is 7.92. The lowest BCUT2D eigenvalue weighted by Crippen LogP contribution is -2.38. The number of ether oxygens (including phenoxy) is 1. The van der Waals surface area contributed by atoms with E-state index in [-0.39, 0.29) is 13.0 Å². The van der Waals surface area contributed by atoms with Crippen molar-refractivity contribution in [3.05, 3.63) is 48.6 Å². The zero-order valence-electron chi connectivity index (χ0n) is 10.5. The van der Waals surface area contributed by atoms with Crippen LogP contribution in [0.1, 0.15) is 12.0 Å². The fourth-order valence-electron chi connectivity index (χ4n) is 1.63. The zero-order chi connectivity index (χ0) is 14.1. The molecule has 0 heterocycles. The van der Waals surface area contributed by atoms with E-state index in [1.807, 2.05) is 30.3 Å². The summed E-state index contributed by atoms with van der Waals surface area (Å²) in [5.41, 5.74) is 0.956. The van der Waals surface area contributed by atoms with E-state index in [0.29, 0.717) is 6.42 Å². The Morgan fingerprint density at radius 2 is 2.05 bits per heavy atom. The number of carbonyl (C=O) groups excluding carboxylic acids is 1. The number of rotatable bonds is 7. The number of nitrogens with one attached hydrogen (secondary N) is 1. The van der Waals surface area contributed by atoms with E-state index in [1.54, 1.807) is 0 Å². The third-order valence-electron chi connectivity index (χ3n) is 2.40. The molecule has 0 unspecified atom stereocenters. The lowest BCUT2D eigenvalue weighted by Gasteiger charge is -2.16. The molecule has 1 atom stereocenters. The molecule has 19 heavy (non-hydrogen) atoms. The highest BCUT2D eigenvalue weighted by Crippen LogP contribution is 2.06. The van der Waals surface area contributed by atoms with Crippen LogP contribution in [0.3, 0.4) is 0 Å². The minimum Gasteiger partial charge on any atom is -0.481 e. The highest BCUT2D eigenvalue weighted by molar-refractivity contribution is 5.71.